The first kappa shape index (κ1) is 12.6. The van der Waals surface area contributed by atoms with E-state index in [1.165, 1.54) is 0 Å². The van der Waals surface area contributed by atoms with E-state index in [0.29, 0.717) is 0 Å². The van der Waals surface area contributed by atoms with Crippen molar-refractivity contribution in [3.05, 3.63) is 0 Å². The molecule has 5 nitrogen and oxygen atoms in total. The van der Waals surface area contributed by atoms with Crippen molar-refractivity contribution in [1.29, 1.82) is 26.3 Å². The highest BCUT2D eigenvalue weighted by Gasteiger charge is 2.49. The van der Waals surface area contributed by atoms with Gasteiger partial charge in [-0.3, -0.25) is 0 Å². The van der Waals surface area contributed by atoms with Gasteiger partial charge in [0.1, 0.15) is 0 Å². The van der Waals surface area contributed by atoms with Crippen LogP contribution < -0.4 is 0 Å². The number of nitriles is 5. The predicted octanol–water partition coefficient (Wildman–Crippen LogP) is 0.656. The molecule has 4 unspecified atom stereocenters. The maximum Gasteiger partial charge on any atom is 0.0804 e. The third kappa shape index (κ3) is 1.80. The Morgan fingerprint density at radius 3 is 1.00 bits per heavy atom. The molecule has 1 rings (SSSR count). The highest BCUT2D eigenvalue weighted by molar-refractivity contribution is 6.12. The molecule has 78 valence electrons. The molecule has 0 aliphatic heterocycles. The van der Waals surface area contributed by atoms with Crippen molar-refractivity contribution in [3.8, 4) is 30.3 Å². The number of nitrogens with zero attached hydrogens (tertiary/aromatic N) is 5. The molecule has 6 heteroatoms. The second kappa shape index (κ2) is 5.03. The number of hydrogen-bond acceptors (Lipinski definition) is 5. The Balaban J connectivity index is 3.29. The van der Waals surface area contributed by atoms with E-state index >= 15 is 0 Å². The van der Waals surface area contributed by atoms with Gasteiger partial charge in [-0.25, -0.2) is 0 Å². The van der Waals surface area contributed by atoms with Crippen LogP contribution in [0.25, 0.3) is 0 Å². The molecule has 0 spiro atoms. The van der Waals surface area contributed by atoms with Gasteiger partial charge in [0.25, 0.3) is 0 Å². The van der Waals surface area contributed by atoms with E-state index in [-0.39, 0.29) is 0 Å². The second-order valence-electron chi connectivity index (χ2n) is 3.85. The van der Waals surface area contributed by atoms with Gasteiger partial charge in [0.05, 0.1) is 67.8 Å². The Kier molecular flexibility index (Phi) is 3.72. The van der Waals surface area contributed by atoms with Gasteiger partial charge < -0.3 is 0 Å². The SMILES string of the molecule is [B]C1C(C#N)C(C#N)C(C#N)C(C#N)C1C#N. The molecule has 4 atom stereocenters. The zero-order valence-corrected chi connectivity index (χ0v) is 8.78. The van der Waals surface area contributed by atoms with Crippen molar-refractivity contribution in [2.45, 2.75) is 5.82 Å². The summed E-state index contributed by atoms with van der Waals surface area (Å²) in [4.78, 5) is 0. The molecule has 0 bridgehead atoms. The lowest BCUT2D eigenvalue weighted by Crippen LogP contribution is -2.41. The Labute approximate surface area is 100 Å². The molecule has 1 aliphatic rings. The van der Waals surface area contributed by atoms with E-state index in [0.717, 1.165) is 0 Å². The van der Waals surface area contributed by atoms with E-state index in [1.54, 1.807) is 0 Å². The third-order valence-electron chi connectivity index (χ3n) is 3.12. The first-order valence-corrected chi connectivity index (χ1v) is 4.89. The summed E-state index contributed by atoms with van der Waals surface area (Å²) in [5.74, 6) is -5.44. The molecule has 1 fully saturated rings. The summed E-state index contributed by atoms with van der Waals surface area (Å²) < 4.78 is 0. The zero-order valence-electron chi connectivity index (χ0n) is 8.78. The van der Waals surface area contributed by atoms with E-state index in [2.05, 4.69) is 0 Å². The Bertz CT molecular complexity index is 468. The van der Waals surface area contributed by atoms with Crippen molar-refractivity contribution >= 4 is 7.85 Å². The summed E-state index contributed by atoms with van der Waals surface area (Å²) >= 11 is 0. The van der Waals surface area contributed by atoms with Gasteiger partial charge in [-0.05, 0) is 5.82 Å². The average molecular weight is 219 g/mol. The normalized spacial score (nSPS) is 39.7. The van der Waals surface area contributed by atoms with Crippen molar-refractivity contribution in [3.63, 3.8) is 0 Å². The summed E-state index contributed by atoms with van der Waals surface area (Å²) in [5.41, 5.74) is 0. The fraction of sp³-hybridized carbons (Fsp3) is 0.545. The minimum atomic E-state index is -0.945. The highest BCUT2D eigenvalue weighted by atomic mass is 14.5. The van der Waals surface area contributed by atoms with Crippen LogP contribution >= 0.6 is 0 Å². The second-order valence-corrected chi connectivity index (χ2v) is 3.85. The van der Waals surface area contributed by atoms with Crippen molar-refractivity contribution in [2.75, 3.05) is 0 Å². The summed E-state index contributed by atoms with van der Waals surface area (Å²) in [6, 6.07) is 9.31. The number of rotatable bonds is 0. The molecule has 2 radical (unpaired) electrons. The minimum absolute atomic E-state index is 0.871. The minimum Gasteiger partial charge on any atom is -0.198 e. The van der Waals surface area contributed by atoms with Crippen LogP contribution in [0.2, 0.25) is 5.82 Å². The maximum atomic E-state index is 9.00. The molecule has 0 aromatic rings. The Morgan fingerprint density at radius 1 is 0.529 bits per heavy atom. The summed E-state index contributed by atoms with van der Waals surface area (Å²) in [7, 11) is 5.74. The van der Waals surface area contributed by atoms with E-state index in [9.17, 15) is 0 Å². The van der Waals surface area contributed by atoms with Crippen LogP contribution in [0.3, 0.4) is 0 Å². The lowest BCUT2D eigenvalue weighted by atomic mass is 9.53. The molecule has 0 saturated heterocycles. The van der Waals surface area contributed by atoms with Gasteiger partial charge in [-0.1, -0.05) is 0 Å². The molecule has 1 saturated carbocycles. The van der Waals surface area contributed by atoms with Gasteiger partial charge in [-0.2, -0.15) is 26.3 Å². The molecule has 0 aromatic heterocycles. The average Bonchev–Trinajstić information content (AvgIpc) is 2.36. The molecular formula is C11H6BN5. The van der Waals surface area contributed by atoms with Crippen LogP contribution in [0.1, 0.15) is 0 Å². The Hall–Kier alpha value is -2.49. The van der Waals surface area contributed by atoms with Crippen LogP contribution in [0, 0.1) is 86.2 Å². The van der Waals surface area contributed by atoms with Crippen molar-refractivity contribution in [2.24, 2.45) is 29.6 Å². The first-order chi connectivity index (χ1) is 8.15. The predicted molar refractivity (Wildman–Crippen MR) is 55.0 cm³/mol. The van der Waals surface area contributed by atoms with Gasteiger partial charge in [0.2, 0.25) is 0 Å². The molecule has 0 heterocycles. The van der Waals surface area contributed by atoms with E-state index < -0.39 is 35.4 Å². The largest absolute Gasteiger partial charge is 0.198 e. The Morgan fingerprint density at radius 2 is 0.765 bits per heavy atom. The topological polar surface area (TPSA) is 119 Å². The van der Waals surface area contributed by atoms with E-state index in [4.69, 9.17) is 34.2 Å². The van der Waals surface area contributed by atoms with Crippen molar-refractivity contribution < 1.29 is 0 Å². The lowest BCUT2D eigenvalue weighted by molar-refractivity contribution is 0.198. The van der Waals surface area contributed by atoms with Crippen molar-refractivity contribution in [1.82, 2.24) is 0 Å². The third-order valence-corrected chi connectivity index (χ3v) is 3.12. The molecule has 0 amide bonds. The van der Waals surface area contributed by atoms with Crippen LogP contribution in [-0.2, 0) is 0 Å². The fourth-order valence-electron chi connectivity index (χ4n) is 2.19. The van der Waals surface area contributed by atoms with E-state index in [1.807, 2.05) is 30.3 Å². The standard InChI is InChI=1S/C11H6BN5/c12-11-9(4-16)7(2-14)6(1-13)8(3-15)10(11)5-17/h6-11H. The lowest BCUT2D eigenvalue weighted by Gasteiger charge is -2.38. The zero-order chi connectivity index (χ0) is 13.0. The monoisotopic (exact) mass is 219 g/mol. The highest BCUT2D eigenvalue weighted by Crippen LogP contribution is 2.46. The fourth-order valence-corrected chi connectivity index (χ4v) is 2.19. The van der Waals surface area contributed by atoms with Crippen LogP contribution in [-0.4, -0.2) is 7.85 Å². The maximum absolute atomic E-state index is 9.00. The van der Waals surface area contributed by atoms with Gasteiger partial charge >= 0.3 is 0 Å². The van der Waals surface area contributed by atoms with Crippen LogP contribution in [0.4, 0.5) is 0 Å². The molecule has 1 aliphatic carbocycles. The van der Waals surface area contributed by atoms with Crippen LogP contribution in [0.5, 0.6) is 0 Å². The summed E-state index contributed by atoms with van der Waals surface area (Å²) in [6.45, 7) is 0. The van der Waals surface area contributed by atoms with Gasteiger partial charge in [-0.15, -0.1) is 0 Å². The summed E-state index contributed by atoms with van der Waals surface area (Å²) in [5, 5.41) is 44.9. The molecular weight excluding hydrogens is 213 g/mol. The van der Waals surface area contributed by atoms with Gasteiger partial charge in [0.15, 0.2) is 0 Å². The molecule has 0 N–H and O–H groups in total. The smallest absolute Gasteiger partial charge is 0.0804 e. The van der Waals surface area contributed by atoms with Gasteiger partial charge in [0, 0.05) is 0 Å². The number of hydrogen-bond donors (Lipinski definition) is 0. The quantitative estimate of drug-likeness (QED) is 0.554. The van der Waals surface area contributed by atoms with Crippen LogP contribution in [0.15, 0.2) is 0 Å². The molecule has 17 heavy (non-hydrogen) atoms. The first-order valence-electron chi connectivity index (χ1n) is 4.89. The molecule has 0 aromatic carbocycles. The summed E-state index contributed by atoms with van der Waals surface area (Å²) in [6.07, 6.45) is 0.